The van der Waals surface area contributed by atoms with Gasteiger partial charge in [0.2, 0.25) is 0 Å². The van der Waals surface area contributed by atoms with Crippen LogP contribution in [0.4, 0.5) is 23.7 Å². The third-order valence-electron chi connectivity index (χ3n) is 2.82. The maximum absolute atomic E-state index is 13.0. The van der Waals surface area contributed by atoms with Crippen LogP contribution >= 0.6 is 0 Å². The smallest absolute Gasteiger partial charge is 0.319 e. The summed E-state index contributed by atoms with van der Waals surface area (Å²) in [4.78, 5) is 11.6. The monoisotopic (exact) mass is 304 g/mol. The second kappa shape index (κ2) is 6.80. The Balaban J connectivity index is 2.59. The van der Waals surface area contributed by atoms with Gasteiger partial charge in [-0.3, -0.25) is 0 Å². The molecule has 1 aromatic carbocycles. The van der Waals surface area contributed by atoms with Crippen LogP contribution in [0, 0.1) is 22.9 Å². The van der Waals surface area contributed by atoms with Crippen LogP contribution in [0.5, 0.6) is 0 Å². The van der Waals surface area contributed by atoms with Crippen LogP contribution in [-0.4, -0.2) is 23.8 Å². The van der Waals surface area contributed by atoms with Gasteiger partial charge in [0.15, 0.2) is 17.5 Å². The van der Waals surface area contributed by atoms with Crippen LogP contribution in [0.3, 0.4) is 0 Å². The minimum Gasteiger partial charge on any atom is -0.393 e. The number of amides is 2. The highest BCUT2D eigenvalue weighted by Gasteiger charge is 2.21. The average Bonchev–Trinajstić information content (AvgIpc) is 2.32. The zero-order chi connectivity index (χ0) is 16.2. The molecule has 0 fully saturated rings. The predicted molar refractivity (Wildman–Crippen MR) is 73.4 cm³/mol. The number of carbonyl (C=O) groups excluding carboxylic acids is 1. The molecule has 1 rings (SSSR count). The summed E-state index contributed by atoms with van der Waals surface area (Å²) < 4.78 is 38.8. The van der Waals surface area contributed by atoms with Gasteiger partial charge < -0.3 is 15.7 Å². The van der Waals surface area contributed by atoms with Gasteiger partial charge in [-0.15, -0.1) is 0 Å². The van der Waals surface area contributed by atoms with Gasteiger partial charge in [-0.2, -0.15) is 0 Å². The summed E-state index contributed by atoms with van der Waals surface area (Å²) in [6.07, 6.45) is -0.0299. The van der Waals surface area contributed by atoms with Crippen molar-refractivity contribution in [1.82, 2.24) is 5.32 Å². The molecule has 0 aliphatic rings. The number of benzene rings is 1. The van der Waals surface area contributed by atoms with E-state index in [0.717, 1.165) is 0 Å². The third kappa shape index (κ3) is 5.63. The molecule has 0 saturated heterocycles. The Bertz CT molecular complexity index is 496. The van der Waals surface area contributed by atoms with E-state index in [9.17, 15) is 23.1 Å². The van der Waals surface area contributed by atoms with E-state index in [1.807, 2.05) is 13.8 Å². The lowest BCUT2D eigenvalue weighted by Gasteiger charge is -2.26. The van der Waals surface area contributed by atoms with Gasteiger partial charge in [-0.25, -0.2) is 18.0 Å². The van der Waals surface area contributed by atoms with Crippen LogP contribution in [0.15, 0.2) is 12.1 Å². The second-order valence-electron chi connectivity index (χ2n) is 5.78. The molecule has 1 aromatic rings. The minimum absolute atomic E-state index is 0.183. The van der Waals surface area contributed by atoms with E-state index in [0.29, 0.717) is 18.6 Å². The van der Waals surface area contributed by atoms with Gasteiger partial charge in [0, 0.05) is 24.4 Å². The molecule has 0 aliphatic heterocycles. The topological polar surface area (TPSA) is 61.4 Å². The van der Waals surface area contributed by atoms with Crippen LogP contribution in [0.1, 0.15) is 27.2 Å². The maximum atomic E-state index is 13.0. The van der Waals surface area contributed by atoms with E-state index in [4.69, 9.17) is 0 Å². The first kappa shape index (κ1) is 17.3. The summed E-state index contributed by atoms with van der Waals surface area (Å²) in [5.41, 5.74) is -0.526. The Morgan fingerprint density at radius 1 is 1.29 bits per heavy atom. The molecule has 118 valence electrons. The zero-order valence-corrected chi connectivity index (χ0v) is 12.1. The number of rotatable bonds is 5. The Morgan fingerprint density at radius 2 is 1.81 bits per heavy atom. The van der Waals surface area contributed by atoms with Gasteiger partial charge >= 0.3 is 6.03 Å². The third-order valence-corrected chi connectivity index (χ3v) is 2.82. The molecule has 0 saturated carbocycles. The minimum atomic E-state index is -1.58. The molecule has 0 heterocycles. The van der Waals surface area contributed by atoms with Crippen molar-refractivity contribution in [3.05, 3.63) is 29.6 Å². The molecule has 0 bridgehead atoms. The Labute approximate surface area is 121 Å². The number of carbonyl (C=O) groups is 1. The molecule has 1 atom stereocenters. The number of anilines is 1. The van der Waals surface area contributed by atoms with Crippen molar-refractivity contribution in [2.24, 2.45) is 5.41 Å². The number of halogens is 3. The van der Waals surface area contributed by atoms with Crippen molar-refractivity contribution in [2.75, 3.05) is 11.9 Å². The Morgan fingerprint density at radius 3 is 2.29 bits per heavy atom. The lowest BCUT2D eigenvalue weighted by atomic mass is 9.87. The summed E-state index contributed by atoms with van der Waals surface area (Å²) in [5.74, 6) is -4.33. The molecule has 7 heteroatoms. The van der Waals surface area contributed by atoms with E-state index < -0.39 is 29.6 Å². The zero-order valence-electron chi connectivity index (χ0n) is 12.1. The fraction of sp³-hybridized carbons (Fsp3) is 0.500. The normalized spacial score (nSPS) is 12.9. The van der Waals surface area contributed by atoms with Gasteiger partial charge in [0.25, 0.3) is 0 Å². The van der Waals surface area contributed by atoms with Crippen molar-refractivity contribution >= 4 is 11.7 Å². The number of nitrogens with one attached hydrogen (secondary N) is 2. The van der Waals surface area contributed by atoms with E-state index in [1.54, 1.807) is 6.92 Å². The van der Waals surface area contributed by atoms with Crippen molar-refractivity contribution in [2.45, 2.75) is 33.3 Å². The van der Waals surface area contributed by atoms with Crippen molar-refractivity contribution in [1.29, 1.82) is 0 Å². The molecule has 0 aliphatic carbocycles. The Kier molecular flexibility index (Phi) is 5.60. The molecule has 2 amide bonds. The summed E-state index contributed by atoms with van der Waals surface area (Å²) in [6, 6.07) is 0.719. The molecule has 3 N–H and O–H groups in total. The quantitative estimate of drug-likeness (QED) is 0.732. The van der Waals surface area contributed by atoms with E-state index in [1.165, 1.54) is 0 Å². The van der Waals surface area contributed by atoms with Crippen molar-refractivity contribution in [3.63, 3.8) is 0 Å². The molecule has 1 unspecified atom stereocenters. The predicted octanol–water partition coefficient (Wildman–Crippen LogP) is 3.02. The standard InChI is InChI=1S/C14H19F3N2O2/c1-8(20)6-14(2,3)7-18-13(21)19-9-4-10(15)12(17)11(16)5-9/h4-5,8,20H,6-7H2,1-3H3,(H2,18,19,21). The highest BCUT2D eigenvalue weighted by atomic mass is 19.2. The number of hydrogen-bond donors (Lipinski definition) is 3. The first-order valence-electron chi connectivity index (χ1n) is 6.48. The summed E-state index contributed by atoms with van der Waals surface area (Å²) >= 11 is 0. The van der Waals surface area contributed by atoms with Gasteiger partial charge in [-0.1, -0.05) is 13.8 Å². The highest BCUT2D eigenvalue weighted by molar-refractivity contribution is 5.89. The van der Waals surface area contributed by atoms with Gasteiger partial charge in [-0.05, 0) is 18.8 Å². The van der Waals surface area contributed by atoms with Gasteiger partial charge in [0.05, 0.1) is 6.10 Å². The molecule has 0 radical (unpaired) electrons. The first-order chi connectivity index (χ1) is 9.60. The molecule has 0 aromatic heterocycles. The SMILES string of the molecule is CC(O)CC(C)(C)CNC(=O)Nc1cc(F)c(F)c(F)c1. The lowest BCUT2D eigenvalue weighted by Crippen LogP contribution is -2.38. The average molecular weight is 304 g/mol. The lowest BCUT2D eigenvalue weighted by molar-refractivity contribution is 0.129. The molecular formula is C14H19F3N2O2. The Hall–Kier alpha value is -1.76. The largest absolute Gasteiger partial charge is 0.393 e. The number of hydrogen-bond acceptors (Lipinski definition) is 2. The van der Waals surface area contributed by atoms with Crippen LogP contribution < -0.4 is 10.6 Å². The number of aliphatic hydroxyl groups is 1. The van der Waals surface area contributed by atoms with E-state index in [2.05, 4.69) is 10.6 Å². The number of aliphatic hydroxyl groups excluding tert-OH is 1. The van der Waals surface area contributed by atoms with E-state index >= 15 is 0 Å². The molecule has 4 nitrogen and oxygen atoms in total. The van der Waals surface area contributed by atoms with Crippen LogP contribution in [0.25, 0.3) is 0 Å². The summed E-state index contributed by atoms with van der Waals surface area (Å²) in [7, 11) is 0. The second-order valence-corrected chi connectivity index (χ2v) is 5.78. The first-order valence-corrected chi connectivity index (χ1v) is 6.48. The van der Waals surface area contributed by atoms with Gasteiger partial charge in [0.1, 0.15) is 0 Å². The fourth-order valence-electron chi connectivity index (χ4n) is 1.99. The number of urea groups is 1. The van der Waals surface area contributed by atoms with Crippen LogP contribution in [0.2, 0.25) is 0 Å². The maximum Gasteiger partial charge on any atom is 0.319 e. The summed E-state index contributed by atoms with van der Waals surface area (Å²) in [6.45, 7) is 5.62. The molecule has 0 spiro atoms. The van der Waals surface area contributed by atoms with Crippen LogP contribution in [-0.2, 0) is 0 Å². The molecular weight excluding hydrogens is 285 g/mol. The van der Waals surface area contributed by atoms with Crippen molar-refractivity contribution < 1.29 is 23.1 Å². The fourth-order valence-corrected chi connectivity index (χ4v) is 1.99. The van der Waals surface area contributed by atoms with E-state index in [-0.39, 0.29) is 17.6 Å². The highest BCUT2D eigenvalue weighted by Crippen LogP contribution is 2.21. The molecule has 21 heavy (non-hydrogen) atoms. The summed E-state index contributed by atoms with van der Waals surface area (Å²) in [5, 5.41) is 14.1. The van der Waals surface area contributed by atoms with Crippen molar-refractivity contribution in [3.8, 4) is 0 Å².